The molecule has 2 amide bonds. The predicted molar refractivity (Wildman–Crippen MR) is 128 cm³/mol. The van der Waals surface area contributed by atoms with E-state index in [1.54, 1.807) is 30.5 Å². The van der Waals surface area contributed by atoms with Crippen molar-refractivity contribution in [3.8, 4) is 22.6 Å². The van der Waals surface area contributed by atoms with E-state index in [-0.39, 0.29) is 25.3 Å². The van der Waals surface area contributed by atoms with Crippen molar-refractivity contribution in [1.82, 2.24) is 15.1 Å². The minimum atomic E-state index is -0.414. The highest BCUT2D eigenvalue weighted by Crippen LogP contribution is 2.32. The van der Waals surface area contributed by atoms with Gasteiger partial charge in [0, 0.05) is 24.3 Å². The van der Waals surface area contributed by atoms with Crippen molar-refractivity contribution in [2.75, 3.05) is 25.6 Å². The van der Waals surface area contributed by atoms with Gasteiger partial charge in [-0.15, -0.1) is 0 Å². The minimum absolute atomic E-state index is 0.0896. The number of nitrogens with zero attached hydrogens (tertiary/aromatic N) is 2. The molecule has 1 aliphatic rings. The van der Waals surface area contributed by atoms with E-state index in [4.69, 9.17) is 9.47 Å². The van der Waals surface area contributed by atoms with Gasteiger partial charge >= 0.3 is 6.03 Å². The van der Waals surface area contributed by atoms with E-state index in [2.05, 4.69) is 15.5 Å². The number of aliphatic hydroxyl groups excluding tert-OH is 2. The number of hydrogen-bond donors (Lipinski definition) is 4. The summed E-state index contributed by atoms with van der Waals surface area (Å²) in [6.45, 7) is 0.325. The van der Waals surface area contributed by atoms with Gasteiger partial charge in [0.2, 0.25) is 0 Å². The maximum atomic E-state index is 13.5. The van der Waals surface area contributed by atoms with E-state index in [9.17, 15) is 15.0 Å². The molecule has 1 aromatic heterocycles. The lowest BCUT2D eigenvalue weighted by molar-refractivity contribution is 0.155. The molecule has 2 aromatic carbocycles. The summed E-state index contributed by atoms with van der Waals surface area (Å²) in [6.07, 6.45) is 4.98. The van der Waals surface area contributed by atoms with Crippen molar-refractivity contribution >= 4 is 11.7 Å². The number of ether oxygens (including phenoxy) is 2. The Morgan fingerprint density at radius 3 is 2.82 bits per heavy atom. The molecule has 1 fully saturated rings. The fraction of sp³-hybridized carbons (Fsp3) is 0.360. The third kappa shape index (κ3) is 5.67. The monoisotopic (exact) mass is 466 g/mol. The van der Waals surface area contributed by atoms with Crippen LogP contribution in [0.15, 0.2) is 54.9 Å². The van der Waals surface area contributed by atoms with Gasteiger partial charge in [-0.25, -0.2) is 4.79 Å². The molecule has 1 aliphatic carbocycles. The van der Waals surface area contributed by atoms with Crippen molar-refractivity contribution in [2.45, 2.75) is 38.0 Å². The Bertz CT molecular complexity index is 1090. The molecule has 1 saturated carbocycles. The number of urea groups is 1. The number of amides is 2. The topological polar surface area (TPSA) is 120 Å². The Morgan fingerprint density at radius 1 is 1.24 bits per heavy atom. The molecule has 0 saturated heterocycles. The van der Waals surface area contributed by atoms with Gasteiger partial charge in [0.15, 0.2) is 0 Å². The van der Waals surface area contributed by atoms with Crippen molar-refractivity contribution in [3.05, 3.63) is 60.4 Å². The standard InChI is InChI=1S/C25H30N4O5/c1-33-22-4-2-3-17(11-22)16-29(20-6-7-21(31)13-20)25(32)28-23-8-5-18(19-14-26-27-15-19)12-24(23)34-10-9-30/h2-5,8,11-12,14-15,20-21,30-31H,6-7,9-10,13,16H2,1H3,(H,26,27)(H,28,32). The molecule has 2 atom stereocenters. The number of aromatic amines is 1. The summed E-state index contributed by atoms with van der Waals surface area (Å²) in [4.78, 5) is 15.2. The van der Waals surface area contributed by atoms with Gasteiger partial charge in [0.25, 0.3) is 0 Å². The molecule has 9 heteroatoms. The third-order valence-corrected chi connectivity index (χ3v) is 5.97. The van der Waals surface area contributed by atoms with Crippen LogP contribution in [-0.4, -0.2) is 63.8 Å². The van der Waals surface area contributed by atoms with Gasteiger partial charge in [-0.3, -0.25) is 5.10 Å². The summed E-state index contributed by atoms with van der Waals surface area (Å²) in [5.74, 6) is 1.17. The van der Waals surface area contributed by atoms with Crippen LogP contribution < -0.4 is 14.8 Å². The third-order valence-electron chi connectivity index (χ3n) is 5.97. The van der Waals surface area contributed by atoms with Gasteiger partial charge in [-0.2, -0.15) is 5.10 Å². The molecule has 9 nitrogen and oxygen atoms in total. The first kappa shape index (κ1) is 23.6. The van der Waals surface area contributed by atoms with Crippen LogP contribution in [0.5, 0.6) is 11.5 Å². The molecule has 0 aliphatic heterocycles. The number of carbonyl (C=O) groups excluding carboxylic acids is 1. The molecule has 4 N–H and O–H groups in total. The number of hydrogen-bond acceptors (Lipinski definition) is 6. The average molecular weight is 467 g/mol. The second-order valence-electron chi connectivity index (χ2n) is 8.30. The van der Waals surface area contributed by atoms with Gasteiger partial charge in [0.1, 0.15) is 18.1 Å². The van der Waals surface area contributed by atoms with Crippen LogP contribution in [0.4, 0.5) is 10.5 Å². The average Bonchev–Trinajstić information content (AvgIpc) is 3.54. The molecule has 34 heavy (non-hydrogen) atoms. The van der Waals surface area contributed by atoms with Crippen LogP contribution in [-0.2, 0) is 6.54 Å². The zero-order chi connectivity index (χ0) is 23.9. The Morgan fingerprint density at radius 2 is 2.12 bits per heavy atom. The van der Waals surface area contributed by atoms with Crippen LogP contribution in [0, 0.1) is 0 Å². The number of rotatable bonds is 9. The molecule has 0 spiro atoms. The summed E-state index contributed by atoms with van der Waals surface area (Å²) in [6, 6.07) is 12.7. The largest absolute Gasteiger partial charge is 0.497 e. The number of nitrogens with one attached hydrogen (secondary N) is 2. The van der Waals surface area contributed by atoms with E-state index in [0.29, 0.717) is 30.8 Å². The van der Waals surface area contributed by atoms with Crippen LogP contribution in [0.2, 0.25) is 0 Å². The summed E-state index contributed by atoms with van der Waals surface area (Å²) < 4.78 is 11.1. The zero-order valence-electron chi connectivity index (χ0n) is 19.1. The second-order valence-corrected chi connectivity index (χ2v) is 8.30. The normalized spacial score (nSPS) is 17.4. The molecule has 1 heterocycles. The number of aliphatic hydroxyl groups is 2. The predicted octanol–water partition coefficient (Wildman–Crippen LogP) is 3.40. The lowest BCUT2D eigenvalue weighted by Crippen LogP contribution is -2.41. The maximum Gasteiger partial charge on any atom is 0.322 e. The minimum Gasteiger partial charge on any atom is -0.497 e. The van der Waals surface area contributed by atoms with Crippen LogP contribution in [0.25, 0.3) is 11.1 Å². The molecular weight excluding hydrogens is 436 g/mol. The zero-order valence-corrected chi connectivity index (χ0v) is 19.1. The highest BCUT2D eigenvalue weighted by Gasteiger charge is 2.31. The van der Waals surface area contributed by atoms with E-state index >= 15 is 0 Å². The summed E-state index contributed by atoms with van der Waals surface area (Å²) in [5.41, 5.74) is 3.18. The first-order valence-corrected chi connectivity index (χ1v) is 11.3. The van der Waals surface area contributed by atoms with E-state index < -0.39 is 6.10 Å². The van der Waals surface area contributed by atoms with Crippen molar-refractivity contribution in [2.24, 2.45) is 0 Å². The molecule has 180 valence electrons. The molecular formula is C25H30N4O5. The first-order chi connectivity index (χ1) is 16.6. The SMILES string of the molecule is COc1cccc(CN(C(=O)Nc2ccc(-c3cn[nH]c3)cc2OCCO)C2CCC(O)C2)c1. The fourth-order valence-electron chi connectivity index (χ4n) is 4.23. The van der Waals surface area contributed by atoms with E-state index in [0.717, 1.165) is 28.9 Å². The summed E-state index contributed by atoms with van der Waals surface area (Å²) >= 11 is 0. The second kappa shape index (κ2) is 11.0. The van der Waals surface area contributed by atoms with Crippen molar-refractivity contribution in [1.29, 1.82) is 0 Å². The van der Waals surface area contributed by atoms with Gasteiger partial charge in [-0.05, 0) is 54.7 Å². The highest BCUT2D eigenvalue weighted by atomic mass is 16.5. The van der Waals surface area contributed by atoms with Crippen LogP contribution in [0.3, 0.4) is 0 Å². The number of methoxy groups -OCH3 is 1. The number of carbonyl (C=O) groups is 1. The smallest absolute Gasteiger partial charge is 0.322 e. The Labute approximate surface area is 198 Å². The number of aromatic nitrogens is 2. The number of anilines is 1. The van der Waals surface area contributed by atoms with E-state index in [1.807, 2.05) is 36.4 Å². The lowest BCUT2D eigenvalue weighted by Gasteiger charge is -2.30. The summed E-state index contributed by atoms with van der Waals surface area (Å²) in [5, 5.41) is 29.1. The molecule has 4 rings (SSSR count). The number of benzene rings is 2. The Hall–Kier alpha value is -3.56. The van der Waals surface area contributed by atoms with Crippen molar-refractivity contribution < 1.29 is 24.5 Å². The van der Waals surface area contributed by atoms with E-state index in [1.165, 1.54) is 0 Å². The molecule has 0 radical (unpaired) electrons. The quantitative estimate of drug-likeness (QED) is 0.384. The Kier molecular flexibility index (Phi) is 7.66. The van der Waals surface area contributed by atoms with Gasteiger partial charge < -0.3 is 29.9 Å². The fourth-order valence-corrected chi connectivity index (χ4v) is 4.23. The van der Waals surface area contributed by atoms with Gasteiger partial charge in [-0.1, -0.05) is 18.2 Å². The summed E-state index contributed by atoms with van der Waals surface area (Å²) in [7, 11) is 1.61. The highest BCUT2D eigenvalue weighted by molar-refractivity contribution is 5.92. The van der Waals surface area contributed by atoms with Gasteiger partial charge in [0.05, 0.1) is 31.7 Å². The maximum absolute atomic E-state index is 13.5. The lowest BCUT2D eigenvalue weighted by atomic mass is 10.1. The van der Waals surface area contributed by atoms with Crippen molar-refractivity contribution in [3.63, 3.8) is 0 Å². The molecule has 0 bridgehead atoms. The number of H-pyrrole nitrogens is 1. The molecule has 2 unspecified atom stereocenters. The Balaban J connectivity index is 1.58. The molecule has 3 aromatic rings. The first-order valence-electron chi connectivity index (χ1n) is 11.3. The van der Waals surface area contributed by atoms with Crippen LogP contribution >= 0.6 is 0 Å². The van der Waals surface area contributed by atoms with Crippen LogP contribution in [0.1, 0.15) is 24.8 Å².